The molecule has 0 aliphatic heterocycles. The van der Waals surface area contributed by atoms with Gasteiger partial charge in [0, 0.05) is 17.7 Å². The van der Waals surface area contributed by atoms with Gasteiger partial charge in [-0.25, -0.2) is 0 Å². The molecule has 0 fully saturated rings. The minimum Gasteiger partial charge on any atom is -0.497 e. The average molecular weight is 372 g/mol. The molecule has 3 aromatic rings. The number of amides is 1. The molecule has 0 unspecified atom stereocenters. The van der Waals surface area contributed by atoms with E-state index in [4.69, 9.17) is 21.1 Å². The normalized spacial score (nSPS) is 10.4. The van der Waals surface area contributed by atoms with Crippen LogP contribution in [0.2, 0.25) is 5.02 Å². The summed E-state index contributed by atoms with van der Waals surface area (Å²) in [5.74, 6) is 1.09. The van der Waals surface area contributed by atoms with Gasteiger partial charge in [0.15, 0.2) is 0 Å². The third kappa shape index (κ3) is 3.81. The van der Waals surface area contributed by atoms with Crippen LogP contribution in [0.4, 0.5) is 0 Å². The number of rotatable bonds is 6. The van der Waals surface area contributed by atoms with Crippen molar-refractivity contribution in [2.75, 3.05) is 14.2 Å². The topological polar surface area (TPSA) is 76.2 Å². The molecule has 0 aliphatic rings. The zero-order valence-electron chi connectivity index (χ0n) is 14.4. The second-order valence-electron chi connectivity index (χ2n) is 5.51. The molecule has 6 nitrogen and oxygen atoms in total. The van der Waals surface area contributed by atoms with Crippen molar-refractivity contribution in [2.45, 2.75) is 6.54 Å². The minimum absolute atomic E-state index is 0.277. The van der Waals surface area contributed by atoms with Crippen LogP contribution in [0.3, 0.4) is 0 Å². The molecule has 0 spiro atoms. The number of methoxy groups -OCH3 is 2. The number of benzene rings is 2. The number of carbonyl (C=O) groups excluding carboxylic acids is 1. The Morgan fingerprint density at radius 3 is 2.69 bits per heavy atom. The molecule has 26 heavy (non-hydrogen) atoms. The first-order valence-electron chi connectivity index (χ1n) is 7.91. The number of aromatic nitrogens is 2. The molecule has 0 saturated carbocycles. The molecule has 1 amide bonds. The molecule has 2 N–H and O–H groups in total. The fraction of sp³-hybridized carbons (Fsp3) is 0.158. The van der Waals surface area contributed by atoms with Crippen LogP contribution in [0.1, 0.15) is 16.1 Å². The zero-order chi connectivity index (χ0) is 18.5. The van der Waals surface area contributed by atoms with Crippen molar-refractivity contribution in [3.8, 4) is 22.8 Å². The number of carbonyl (C=O) groups is 1. The van der Waals surface area contributed by atoms with E-state index in [9.17, 15) is 4.79 Å². The Morgan fingerprint density at radius 1 is 1.15 bits per heavy atom. The SMILES string of the molecule is COc1ccc(OC)c(CNC(=O)c2cc(-c3ccccc3Cl)n[nH]2)c1. The van der Waals surface area contributed by atoms with E-state index in [1.165, 1.54) is 0 Å². The third-order valence-electron chi connectivity index (χ3n) is 3.90. The molecule has 1 heterocycles. The second-order valence-corrected chi connectivity index (χ2v) is 5.91. The second kappa shape index (κ2) is 7.93. The number of aromatic amines is 1. The van der Waals surface area contributed by atoms with Crippen LogP contribution in [-0.4, -0.2) is 30.3 Å². The van der Waals surface area contributed by atoms with E-state index in [0.717, 1.165) is 11.1 Å². The van der Waals surface area contributed by atoms with E-state index < -0.39 is 0 Å². The summed E-state index contributed by atoms with van der Waals surface area (Å²) in [6, 6.07) is 14.4. The van der Waals surface area contributed by atoms with Gasteiger partial charge in [0.25, 0.3) is 5.91 Å². The summed E-state index contributed by atoms with van der Waals surface area (Å²) in [5.41, 5.74) is 2.53. The lowest BCUT2D eigenvalue weighted by Crippen LogP contribution is -2.23. The van der Waals surface area contributed by atoms with Crippen LogP contribution in [-0.2, 0) is 6.54 Å². The van der Waals surface area contributed by atoms with Crippen molar-refractivity contribution in [3.05, 3.63) is 64.8 Å². The van der Waals surface area contributed by atoms with E-state index in [0.29, 0.717) is 34.5 Å². The van der Waals surface area contributed by atoms with E-state index in [2.05, 4.69) is 15.5 Å². The molecule has 0 aliphatic carbocycles. The predicted molar refractivity (Wildman–Crippen MR) is 99.7 cm³/mol. The van der Waals surface area contributed by atoms with Crippen molar-refractivity contribution < 1.29 is 14.3 Å². The Morgan fingerprint density at radius 2 is 1.96 bits per heavy atom. The monoisotopic (exact) mass is 371 g/mol. The fourth-order valence-electron chi connectivity index (χ4n) is 2.54. The van der Waals surface area contributed by atoms with E-state index >= 15 is 0 Å². The van der Waals surface area contributed by atoms with Gasteiger partial charge in [-0.15, -0.1) is 0 Å². The number of nitrogens with zero attached hydrogens (tertiary/aromatic N) is 1. The molecular formula is C19H18ClN3O3. The number of nitrogens with one attached hydrogen (secondary N) is 2. The number of halogens is 1. The van der Waals surface area contributed by atoms with Crippen LogP contribution in [0.25, 0.3) is 11.3 Å². The smallest absolute Gasteiger partial charge is 0.269 e. The zero-order valence-corrected chi connectivity index (χ0v) is 15.1. The van der Waals surface area contributed by atoms with Gasteiger partial charge in [-0.1, -0.05) is 29.8 Å². The van der Waals surface area contributed by atoms with Crippen molar-refractivity contribution in [1.82, 2.24) is 15.5 Å². The van der Waals surface area contributed by atoms with E-state index in [1.807, 2.05) is 24.3 Å². The summed E-state index contributed by atoms with van der Waals surface area (Å²) in [6.07, 6.45) is 0. The Balaban J connectivity index is 1.73. The number of H-pyrrole nitrogens is 1. The average Bonchev–Trinajstić information content (AvgIpc) is 3.16. The van der Waals surface area contributed by atoms with Gasteiger partial charge in [-0.05, 0) is 30.3 Å². The Kier molecular flexibility index (Phi) is 5.43. The van der Waals surface area contributed by atoms with Crippen molar-refractivity contribution in [1.29, 1.82) is 0 Å². The van der Waals surface area contributed by atoms with Gasteiger partial charge >= 0.3 is 0 Å². The molecule has 3 rings (SSSR count). The van der Waals surface area contributed by atoms with E-state index in [1.54, 1.807) is 38.5 Å². The van der Waals surface area contributed by atoms with Crippen LogP contribution >= 0.6 is 11.6 Å². The molecule has 1 aromatic heterocycles. The van der Waals surface area contributed by atoms with Gasteiger partial charge in [0.1, 0.15) is 17.2 Å². The highest BCUT2D eigenvalue weighted by molar-refractivity contribution is 6.33. The van der Waals surface area contributed by atoms with Gasteiger partial charge in [0.05, 0.1) is 24.9 Å². The molecular weight excluding hydrogens is 354 g/mol. The van der Waals surface area contributed by atoms with Gasteiger partial charge in [-0.3, -0.25) is 9.89 Å². The Labute approximate surface area is 156 Å². The highest BCUT2D eigenvalue weighted by Gasteiger charge is 2.13. The lowest BCUT2D eigenvalue weighted by molar-refractivity contribution is 0.0945. The summed E-state index contributed by atoms with van der Waals surface area (Å²) in [5, 5.41) is 10.3. The lowest BCUT2D eigenvalue weighted by atomic mass is 10.1. The van der Waals surface area contributed by atoms with Crippen molar-refractivity contribution in [2.24, 2.45) is 0 Å². The molecule has 7 heteroatoms. The van der Waals surface area contributed by atoms with Crippen LogP contribution in [0.5, 0.6) is 11.5 Å². The highest BCUT2D eigenvalue weighted by Crippen LogP contribution is 2.26. The number of hydrogen-bond acceptors (Lipinski definition) is 4. The largest absolute Gasteiger partial charge is 0.497 e. The minimum atomic E-state index is -0.277. The molecule has 0 bridgehead atoms. The maximum absolute atomic E-state index is 12.4. The molecule has 0 saturated heterocycles. The number of ether oxygens (including phenoxy) is 2. The molecule has 0 radical (unpaired) electrons. The fourth-order valence-corrected chi connectivity index (χ4v) is 2.77. The van der Waals surface area contributed by atoms with Gasteiger partial charge in [-0.2, -0.15) is 5.10 Å². The summed E-state index contributed by atoms with van der Waals surface area (Å²) in [4.78, 5) is 12.4. The maximum atomic E-state index is 12.4. The van der Waals surface area contributed by atoms with Gasteiger partial charge in [0.2, 0.25) is 0 Å². The first-order chi connectivity index (χ1) is 12.6. The first-order valence-corrected chi connectivity index (χ1v) is 8.29. The summed E-state index contributed by atoms with van der Waals surface area (Å²) >= 11 is 6.17. The maximum Gasteiger partial charge on any atom is 0.269 e. The summed E-state index contributed by atoms with van der Waals surface area (Å²) in [6.45, 7) is 0.291. The van der Waals surface area contributed by atoms with Crippen LogP contribution in [0.15, 0.2) is 48.5 Å². The van der Waals surface area contributed by atoms with Crippen molar-refractivity contribution >= 4 is 17.5 Å². The van der Waals surface area contributed by atoms with E-state index in [-0.39, 0.29) is 5.91 Å². The van der Waals surface area contributed by atoms with Crippen LogP contribution in [0, 0.1) is 0 Å². The van der Waals surface area contributed by atoms with Gasteiger partial charge < -0.3 is 14.8 Å². The Bertz CT molecular complexity index is 924. The third-order valence-corrected chi connectivity index (χ3v) is 4.23. The molecule has 0 atom stereocenters. The highest BCUT2D eigenvalue weighted by atomic mass is 35.5. The first kappa shape index (κ1) is 17.8. The molecule has 2 aromatic carbocycles. The van der Waals surface area contributed by atoms with Crippen molar-refractivity contribution in [3.63, 3.8) is 0 Å². The predicted octanol–water partition coefficient (Wildman–Crippen LogP) is 3.68. The summed E-state index contributed by atoms with van der Waals surface area (Å²) in [7, 11) is 3.17. The molecule has 134 valence electrons. The Hall–Kier alpha value is -2.99. The lowest BCUT2D eigenvalue weighted by Gasteiger charge is -2.11. The summed E-state index contributed by atoms with van der Waals surface area (Å²) < 4.78 is 10.5. The standard InChI is InChI=1S/C19H18ClN3O3/c1-25-13-7-8-18(26-2)12(9-13)11-21-19(24)17-10-16(22-23-17)14-5-3-4-6-15(14)20/h3-10H,11H2,1-2H3,(H,21,24)(H,22,23). The quantitative estimate of drug-likeness (QED) is 0.693. The van der Waals surface area contributed by atoms with Crippen LogP contribution < -0.4 is 14.8 Å². The number of hydrogen-bond donors (Lipinski definition) is 2.